The summed E-state index contributed by atoms with van der Waals surface area (Å²) in [5.41, 5.74) is 6.80. The van der Waals surface area contributed by atoms with E-state index < -0.39 is 0 Å². The molecule has 1 aliphatic rings. The first-order valence-corrected chi connectivity index (χ1v) is 9.52. The molecule has 6 rings (SSSR count). The van der Waals surface area contributed by atoms with E-state index in [1.165, 1.54) is 27.4 Å². The second kappa shape index (κ2) is 6.91. The number of nitrogens with one attached hydrogen (secondary N) is 1. The minimum Gasteiger partial charge on any atom is -0.355 e. The van der Waals surface area contributed by atoms with Crippen molar-refractivity contribution in [2.75, 3.05) is 0 Å². The summed E-state index contributed by atoms with van der Waals surface area (Å²) in [6.07, 6.45) is 0.669. The number of benzene rings is 4. The summed E-state index contributed by atoms with van der Waals surface area (Å²) in [4.78, 5) is 14.0. The number of nitrogens with zero attached hydrogens (tertiary/aromatic N) is 1. The van der Waals surface area contributed by atoms with Gasteiger partial charge in [0.25, 0.3) is 5.69 Å². The van der Waals surface area contributed by atoms with Gasteiger partial charge in [-0.05, 0) is 28.8 Å². The van der Waals surface area contributed by atoms with Crippen LogP contribution < -0.4 is 0 Å². The smallest absolute Gasteiger partial charge is 0.273 e. The van der Waals surface area contributed by atoms with Crippen molar-refractivity contribution in [3.05, 3.63) is 112 Å². The SMILES string of the molecule is O=[N+]([O-])c1cccc2c1Cc1ccccc1-2.c1ccc2c(c1)[nH]c1ccccc12. The summed E-state index contributed by atoms with van der Waals surface area (Å²) in [6, 6.07) is 30.0. The summed E-state index contributed by atoms with van der Waals surface area (Å²) >= 11 is 0. The van der Waals surface area contributed by atoms with Gasteiger partial charge in [-0.3, -0.25) is 10.1 Å². The molecule has 0 saturated heterocycles. The molecular formula is C25H18N2O2. The summed E-state index contributed by atoms with van der Waals surface area (Å²) in [5, 5.41) is 13.5. The van der Waals surface area contributed by atoms with Crippen LogP contribution in [0.5, 0.6) is 0 Å². The molecule has 0 spiro atoms. The van der Waals surface area contributed by atoms with Gasteiger partial charge in [-0.25, -0.2) is 0 Å². The normalized spacial score (nSPS) is 11.6. The highest BCUT2D eigenvalue weighted by atomic mass is 16.6. The molecule has 5 aromatic rings. The van der Waals surface area contributed by atoms with Gasteiger partial charge in [0.15, 0.2) is 0 Å². The van der Waals surface area contributed by atoms with Crippen LogP contribution in [-0.4, -0.2) is 9.91 Å². The lowest BCUT2D eigenvalue weighted by Gasteiger charge is -2.00. The van der Waals surface area contributed by atoms with Gasteiger partial charge in [-0.15, -0.1) is 0 Å². The molecule has 0 saturated carbocycles. The van der Waals surface area contributed by atoms with Gasteiger partial charge >= 0.3 is 0 Å². The third-order valence-corrected chi connectivity index (χ3v) is 5.44. The Bertz CT molecular complexity index is 1320. The van der Waals surface area contributed by atoms with Crippen LogP contribution in [0.25, 0.3) is 32.9 Å². The van der Waals surface area contributed by atoms with E-state index in [1.807, 2.05) is 30.3 Å². The second-order valence-corrected chi connectivity index (χ2v) is 7.11. The number of hydrogen-bond donors (Lipinski definition) is 1. The predicted molar refractivity (Wildman–Crippen MR) is 117 cm³/mol. The third kappa shape index (κ3) is 2.95. The number of hydrogen-bond acceptors (Lipinski definition) is 2. The van der Waals surface area contributed by atoms with Crippen LogP contribution in [0.4, 0.5) is 5.69 Å². The number of aromatic nitrogens is 1. The van der Waals surface area contributed by atoms with Gasteiger partial charge in [0.1, 0.15) is 0 Å². The minimum absolute atomic E-state index is 0.230. The predicted octanol–water partition coefficient (Wildman–Crippen LogP) is 6.49. The molecule has 0 atom stereocenters. The maximum Gasteiger partial charge on any atom is 0.273 e. The van der Waals surface area contributed by atoms with Crippen molar-refractivity contribution in [2.45, 2.75) is 6.42 Å². The Labute approximate surface area is 167 Å². The summed E-state index contributed by atoms with van der Waals surface area (Å²) < 4.78 is 0. The fraction of sp³-hybridized carbons (Fsp3) is 0.0400. The van der Waals surface area contributed by atoms with E-state index in [2.05, 4.69) is 53.5 Å². The van der Waals surface area contributed by atoms with Gasteiger partial charge < -0.3 is 4.98 Å². The van der Waals surface area contributed by atoms with Gasteiger partial charge in [-0.2, -0.15) is 0 Å². The number of nitro benzene ring substituents is 1. The van der Waals surface area contributed by atoms with E-state index in [9.17, 15) is 10.1 Å². The van der Waals surface area contributed by atoms with Crippen molar-refractivity contribution < 1.29 is 4.92 Å². The lowest BCUT2D eigenvalue weighted by Crippen LogP contribution is -1.93. The van der Waals surface area contributed by atoms with Gasteiger partial charge in [0.2, 0.25) is 0 Å². The zero-order valence-corrected chi connectivity index (χ0v) is 15.6. The standard InChI is InChI=1S/C13H9NO2.C12H9N/c15-14(16)13-7-3-6-11-10-5-2-1-4-9(10)8-12(11)13;1-3-7-11-9(5-1)10-6-2-4-8-12(10)13-11/h1-7H,8H2;1-8,13H. The van der Waals surface area contributed by atoms with Crippen molar-refractivity contribution >= 4 is 27.5 Å². The average molecular weight is 378 g/mol. The van der Waals surface area contributed by atoms with E-state index in [-0.39, 0.29) is 10.6 Å². The number of nitro groups is 1. The molecule has 0 bridgehead atoms. The summed E-state index contributed by atoms with van der Waals surface area (Å²) in [6.45, 7) is 0. The van der Waals surface area contributed by atoms with Crippen LogP contribution in [0, 0.1) is 10.1 Å². The zero-order chi connectivity index (χ0) is 19.8. The third-order valence-electron chi connectivity index (χ3n) is 5.44. The second-order valence-electron chi connectivity index (χ2n) is 7.11. The van der Waals surface area contributed by atoms with E-state index in [0.717, 1.165) is 16.7 Å². The molecular weight excluding hydrogens is 360 g/mol. The zero-order valence-electron chi connectivity index (χ0n) is 15.6. The lowest BCUT2D eigenvalue weighted by atomic mass is 10.1. The van der Waals surface area contributed by atoms with Gasteiger partial charge in [-0.1, -0.05) is 72.8 Å². The molecule has 0 fully saturated rings. The van der Waals surface area contributed by atoms with E-state index in [4.69, 9.17) is 0 Å². The van der Waals surface area contributed by atoms with Crippen molar-refractivity contribution in [1.82, 2.24) is 4.98 Å². The fourth-order valence-electron chi connectivity index (χ4n) is 4.11. The highest BCUT2D eigenvalue weighted by molar-refractivity contribution is 6.06. The Morgan fingerprint density at radius 2 is 1.28 bits per heavy atom. The van der Waals surface area contributed by atoms with Crippen molar-refractivity contribution in [1.29, 1.82) is 0 Å². The molecule has 1 N–H and O–H groups in total. The highest BCUT2D eigenvalue weighted by Crippen LogP contribution is 2.40. The van der Waals surface area contributed by atoms with Crippen LogP contribution in [0.3, 0.4) is 0 Å². The van der Waals surface area contributed by atoms with E-state index in [1.54, 1.807) is 12.1 Å². The van der Waals surface area contributed by atoms with Crippen LogP contribution in [0.2, 0.25) is 0 Å². The highest BCUT2D eigenvalue weighted by Gasteiger charge is 2.25. The topological polar surface area (TPSA) is 58.9 Å². The molecule has 0 amide bonds. The first kappa shape index (κ1) is 17.2. The van der Waals surface area contributed by atoms with E-state index >= 15 is 0 Å². The maximum atomic E-state index is 10.9. The number of H-pyrrole nitrogens is 1. The van der Waals surface area contributed by atoms with Crippen molar-refractivity contribution in [3.63, 3.8) is 0 Å². The molecule has 1 aromatic heterocycles. The Balaban J connectivity index is 0.000000128. The molecule has 1 heterocycles. The Kier molecular flexibility index (Phi) is 4.10. The fourth-order valence-corrected chi connectivity index (χ4v) is 4.11. The van der Waals surface area contributed by atoms with Crippen LogP contribution in [0.1, 0.15) is 11.1 Å². The quantitative estimate of drug-likeness (QED) is 0.263. The number of aromatic amines is 1. The molecule has 140 valence electrons. The summed E-state index contributed by atoms with van der Waals surface area (Å²) in [5.74, 6) is 0. The molecule has 4 nitrogen and oxygen atoms in total. The van der Waals surface area contributed by atoms with Crippen molar-refractivity contribution in [2.24, 2.45) is 0 Å². The van der Waals surface area contributed by atoms with Crippen LogP contribution >= 0.6 is 0 Å². The largest absolute Gasteiger partial charge is 0.355 e. The van der Waals surface area contributed by atoms with E-state index in [0.29, 0.717) is 6.42 Å². The molecule has 29 heavy (non-hydrogen) atoms. The Morgan fingerprint density at radius 3 is 1.97 bits per heavy atom. The van der Waals surface area contributed by atoms with Gasteiger partial charge in [0, 0.05) is 39.9 Å². The Morgan fingerprint density at radius 1 is 0.690 bits per heavy atom. The number of fused-ring (bicyclic) bond motifs is 6. The first-order valence-electron chi connectivity index (χ1n) is 9.52. The number of rotatable bonds is 1. The Hall–Kier alpha value is -3.92. The average Bonchev–Trinajstić information content (AvgIpc) is 3.32. The van der Waals surface area contributed by atoms with Crippen molar-refractivity contribution in [3.8, 4) is 11.1 Å². The molecule has 4 aromatic carbocycles. The lowest BCUT2D eigenvalue weighted by molar-refractivity contribution is -0.385. The molecule has 1 aliphatic carbocycles. The van der Waals surface area contributed by atoms with Gasteiger partial charge in [0.05, 0.1) is 4.92 Å². The maximum absolute atomic E-state index is 10.9. The van der Waals surface area contributed by atoms with Crippen LogP contribution in [-0.2, 0) is 6.42 Å². The molecule has 0 aliphatic heterocycles. The van der Waals surface area contributed by atoms with Crippen LogP contribution in [0.15, 0.2) is 91.0 Å². The molecule has 0 unspecified atom stereocenters. The number of para-hydroxylation sites is 2. The molecule has 4 heteroatoms. The first-order chi connectivity index (χ1) is 14.2. The molecule has 0 radical (unpaired) electrons. The summed E-state index contributed by atoms with van der Waals surface area (Å²) in [7, 11) is 0. The minimum atomic E-state index is -0.301. The monoisotopic (exact) mass is 378 g/mol.